The van der Waals surface area contributed by atoms with Crippen molar-refractivity contribution in [3.63, 3.8) is 0 Å². The zero-order valence-electron chi connectivity index (χ0n) is 17.6. The highest BCUT2D eigenvalue weighted by atomic mass is 35.5. The van der Waals surface area contributed by atoms with Crippen LogP contribution in [0.3, 0.4) is 0 Å². The maximum Gasteiger partial charge on any atom is 0.258 e. The summed E-state index contributed by atoms with van der Waals surface area (Å²) in [6.07, 6.45) is 3.71. The number of amides is 1. The molecule has 2 N–H and O–H groups in total. The summed E-state index contributed by atoms with van der Waals surface area (Å²) in [5, 5.41) is 12.3. The number of hydrogen-bond acceptors (Lipinski definition) is 4. The lowest BCUT2D eigenvalue weighted by molar-refractivity contribution is 0.102. The van der Waals surface area contributed by atoms with Crippen LogP contribution in [0.15, 0.2) is 36.4 Å². The van der Waals surface area contributed by atoms with Gasteiger partial charge >= 0.3 is 0 Å². The van der Waals surface area contributed by atoms with Gasteiger partial charge in [0.25, 0.3) is 5.91 Å². The molecular formula is C23H26Cl2N2O4S. The van der Waals surface area contributed by atoms with Crippen molar-refractivity contribution in [3.05, 3.63) is 63.1 Å². The Morgan fingerprint density at radius 3 is 2.44 bits per heavy atom. The summed E-state index contributed by atoms with van der Waals surface area (Å²) < 4.78 is 28.6. The third-order valence-electron chi connectivity index (χ3n) is 6.29. The normalized spacial score (nSPS) is 21.7. The van der Waals surface area contributed by atoms with E-state index in [0.29, 0.717) is 37.2 Å². The van der Waals surface area contributed by atoms with Crippen LogP contribution in [-0.2, 0) is 16.4 Å². The molecular weight excluding hydrogens is 471 g/mol. The predicted octanol–water partition coefficient (Wildman–Crippen LogP) is 4.66. The van der Waals surface area contributed by atoms with Gasteiger partial charge in [-0.15, -0.1) is 0 Å². The standard InChI is InChI=1S/C23H26Cl2N2O4S/c24-19-5-4-6-20(25)22(19)23(29)26-17-8-7-16-11-15(14-28)12-21(18(16)13-17)32(30,31)27-9-2-1-3-10-27/h4-8,13,15,21,28H,1-3,9-12,14H2,(H,26,29). The molecule has 1 heterocycles. The van der Waals surface area contributed by atoms with Crippen molar-refractivity contribution in [2.75, 3.05) is 25.0 Å². The van der Waals surface area contributed by atoms with Gasteiger partial charge in [0, 0.05) is 25.4 Å². The molecule has 2 unspecified atom stereocenters. The number of carbonyl (C=O) groups is 1. The van der Waals surface area contributed by atoms with Crippen molar-refractivity contribution in [1.82, 2.24) is 4.31 Å². The molecule has 9 heteroatoms. The number of piperidine rings is 1. The van der Waals surface area contributed by atoms with Crippen LogP contribution in [0, 0.1) is 5.92 Å². The highest BCUT2D eigenvalue weighted by Crippen LogP contribution is 2.41. The molecule has 1 amide bonds. The lowest BCUT2D eigenvalue weighted by Gasteiger charge is -2.35. The molecule has 172 valence electrons. The molecule has 0 radical (unpaired) electrons. The van der Waals surface area contributed by atoms with E-state index in [-0.39, 0.29) is 28.1 Å². The van der Waals surface area contributed by atoms with Crippen LogP contribution in [0.5, 0.6) is 0 Å². The molecule has 32 heavy (non-hydrogen) atoms. The van der Waals surface area contributed by atoms with Gasteiger partial charge in [0.1, 0.15) is 5.25 Å². The Bertz CT molecular complexity index is 1100. The molecule has 1 aliphatic carbocycles. The monoisotopic (exact) mass is 496 g/mol. The van der Waals surface area contributed by atoms with Gasteiger partial charge in [-0.05, 0) is 67.0 Å². The third-order valence-corrected chi connectivity index (χ3v) is 9.17. The topological polar surface area (TPSA) is 86.7 Å². The molecule has 0 saturated carbocycles. The molecule has 0 bridgehead atoms. The van der Waals surface area contributed by atoms with E-state index in [0.717, 1.165) is 24.8 Å². The summed E-state index contributed by atoms with van der Waals surface area (Å²) >= 11 is 12.3. The van der Waals surface area contributed by atoms with Crippen molar-refractivity contribution >= 4 is 44.8 Å². The van der Waals surface area contributed by atoms with E-state index in [1.54, 1.807) is 34.6 Å². The van der Waals surface area contributed by atoms with Gasteiger partial charge in [-0.1, -0.05) is 41.8 Å². The van der Waals surface area contributed by atoms with E-state index in [1.807, 2.05) is 6.07 Å². The van der Waals surface area contributed by atoms with Crippen LogP contribution < -0.4 is 5.32 Å². The maximum atomic E-state index is 13.5. The van der Waals surface area contributed by atoms with Crippen LogP contribution in [0.4, 0.5) is 5.69 Å². The number of fused-ring (bicyclic) bond motifs is 1. The first kappa shape index (κ1) is 23.5. The molecule has 1 fully saturated rings. The number of halogens is 2. The Kier molecular flexibility index (Phi) is 7.12. The number of benzene rings is 2. The largest absolute Gasteiger partial charge is 0.396 e. The Balaban J connectivity index is 1.67. The number of carbonyl (C=O) groups excluding carboxylic acids is 1. The first-order valence-corrected chi connectivity index (χ1v) is 13.0. The second-order valence-corrected chi connectivity index (χ2v) is 11.4. The zero-order chi connectivity index (χ0) is 22.9. The van der Waals surface area contributed by atoms with Gasteiger partial charge in [-0.25, -0.2) is 12.7 Å². The van der Waals surface area contributed by atoms with Crippen LogP contribution in [0.1, 0.15) is 52.4 Å². The number of aliphatic hydroxyl groups excluding tert-OH is 1. The van der Waals surface area contributed by atoms with E-state index < -0.39 is 21.2 Å². The Morgan fingerprint density at radius 2 is 1.78 bits per heavy atom. The first-order valence-electron chi connectivity index (χ1n) is 10.8. The minimum Gasteiger partial charge on any atom is -0.396 e. The number of rotatable bonds is 5. The fourth-order valence-electron chi connectivity index (χ4n) is 4.61. The van der Waals surface area contributed by atoms with E-state index in [2.05, 4.69) is 5.32 Å². The smallest absolute Gasteiger partial charge is 0.258 e. The van der Waals surface area contributed by atoms with Crippen LogP contribution >= 0.6 is 23.2 Å². The van der Waals surface area contributed by atoms with E-state index >= 15 is 0 Å². The van der Waals surface area contributed by atoms with Gasteiger partial charge in [0.15, 0.2) is 0 Å². The molecule has 4 rings (SSSR count). The van der Waals surface area contributed by atoms with Crippen molar-refractivity contribution in [1.29, 1.82) is 0 Å². The number of anilines is 1. The van der Waals surface area contributed by atoms with Crippen LogP contribution in [0.2, 0.25) is 10.0 Å². The first-order chi connectivity index (χ1) is 15.3. The number of nitrogens with zero attached hydrogens (tertiary/aromatic N) is 1. The Morgan fingerprint density at radius 1 is 1.09 bits per heavy atom. The quantitative estimate of drug-likeness (QED) is 0.630. The highest BCUT2D eigenvalue weighted by molar-refractivity contribution is 7.89. The summed E-state index contributed by atoms with van der Waals surface area (Å²) in [7, 11) is -3.59. The molecule has 6 nitrogen and oxygen atoms in total. The molecule has 2 atom stereocenters. The van der Waals surface area contributed by atoms with Gasteiger partial charge < -0.3 is 10.4 Å². The minimum absolute atomic E-state index is 0.0606. The number of sulfonamides is 1. The van der Waals surface area contributed by atoms with Gasteiger partial charge in [-0.3, -0.25) is 4.79 Å². The molecule has 0 spiro atoms. The fourth-order valence-corrected chi connectivity index (χ4v) is 7.36. The predicted molar refractivity (Wildman–Crippen MR) is 127 cm³/mol. The average molecular weight is 497 g/mol. The molecule has 1 aliphatic heterocycles. The van der Waals surface area contributed by atoms with E-state index in [1.165, 1.54) is 0 Å². The second kappa shape index (κ2) is 9.69. The number of aliphatic hydroxyl groups is 1. The third kappa shape index (κ3) is 4.68. The van der Waals surface area contributed by atoms with Crippen molar-refractivity contribution < 1.29 is 18.3 Å². The summed E-state index contributed by atoms with van der Waals surface area (Å²) in [6.45, 7) is 0.994. The number of nitrogens with one attached hydrogen (secondary N) is 1. The van der Waals surface area contributed by atoms with Crippen molar-refractivity contribution in [2.45, 2.75) is 37.4 Å². The lowest BCUT2D eigenvalue weighted by atomic mass is 9.83. The van der Waals surface area contributed by atoms with Crippen LogP contribution in [-0.4, -0.2) is 43.4 Å². The van der Waals surface area contributed by atoms with E-state index in [4.69, 9.17) is 23.2 Å². The SMILES string of the molecule is O=C(Nc1ccc2c(c1)C(S(=O)(=O)N1CCCCC1)CC(CO)C2)c1c(Cl)cccc1Cl. The van der Waals surface area contributed by atoms with Gasteiger partial charge in [0.05, 0.1) is 15.6 Å². The minimum atomic E-state index is -3.59. The maximum absolute atomic E-state index is 13.5. The van der Waals surface area contributed by atoms with Gasteiger partial charge in [-0.2, -0.15) is 0 Å². The molecule has 1 saturated heterocycles. The second-order valence-electron chi connectivity index (χ2n) is 8.45. The van der Waals surface area contributed by atoms with Crippen LogP contribution in [0.25, 0.3) is 0 Å². The molecule has 2 aliphatic rings. The van der Waals surface area contributed by atoms with Gasteiger partial charge in [0.2, 0.25) is 10.0 Å². The van der Waals surface area contributed by atoms with Crippen molar-refractivity contribution in [3.8, 4) is 0 Å². The highest BCUT2D eigenvalue weighted by Gasteiger charge is 2.39. The molecule has 0 aromatic heterocycles. The van der Waals surface area contributed by atoms with Crippen molar-refractivity contribution in [2.24, 2.45) is 5.92 Å². The fraction of sp³-hybridized carbons (Fsp3) is 0.435. The lowest BCUT2D eigenvalue weighted by Crippen LogP contribution is -2.40. The Hall–Kier alpha value is -1.64. The summed E-state index contributed by atoms with van der Waals surface area (Å²) in [6, 6.07) is 10.1. The Labute approximate surface area is 198 Å². The average Bonchev–Trinajstić information content (AvgIpc) is 2.78. The summed E-state index contributed by atoms with van der Waals surface area (Å²) in [4.78, 5) is 12.8. The molecule has 2 aromatic carbocycles. The summed E-state index contributed by atoms with van der Waals surface area (Å²) in [5.74, 6) is -0.575. The van der Waals surface area contributed by atoms with E-state index in [9.17, 15) is 18.3 Å². The number of hydrogen-bond donors (Lipinski definition) is 2. The zero-order valence-corrected chi connectivity index (χ0v) is 19.9. The molecule has 2 aromatic rings. The summed E-state index contributed by atoms with van der Waals surface area (Å²) in [5.41, 5.74) is 2.22.